The van der Waals surface area contributed by atoms with E-state index in [4.69, 9.17) is 17.3 Å². The fourth-order valence-electron chi connectivity index (χ4n) is 1.63. The van der Waals surface area contributed by atoms with E-state index in [1.807, 2.05) is 30.5 Å². The second-order valence-corrected chi connectivity index (χ2v) is 4.07. The number of benzene rings is 1. The third-order valence-electron chi connectivity index (χ3n) is 2.44. The number of nitrogens with zero attached hydrogens (tertiary/aromatic N) is 2. The Balaban J connectivity index is 2.13. The largest absolute Gasteiger partial charge is 0.330 e. The highest BCUT2D eigenvalue weighted by Crippen LogP contribution is 2.11. The molecule has 0 amide bonds. The van der Waals surface area contributed by atoms with E-state index in [1.165, 1.54) is 5.56 Å². The monoisotopic (exact) mass is 235 g/mol. The second kappa shape index (κ2) is 5.14. The molecule has 0 radical (unpaired) electrons. The molecule has 2 N–H and O–H groups in total. The molecule has 0 aliphatic carbocycles. The van der Waals surface area contributed by atoms with Crippen molar-refractivity contribution in [2.75, 3.05) is 6.54 Å². The van der Waals surface area contributed by atoms with Crippen LogP contribution in [0.15, 0.2) is 36.7 Å². The molecule has 0 unspecified atom stereocenters. The van der Waals surface area contributed by atoms with E-state index in [1.54, 1.807) is 6.20 Å². The fourth-order valence-corrected chi connectivity index (χ4v) is 1.75. The summed E-state index contributed by atoms with van der Waals surface area (Å²) in [6.45, 7) is 1.43. The van der Waals surface area contributed by atoms with Gasteiger partial charge < -0.3 is 10.3 Å². The van der Waals surface area contributed by atoms with Crippen molar-refractivity contribution in [1.82, 2.24) is 9.55 Å². The molecular weight excluding hydrogens is 222 g/mol. The van der Waals surface area contributed by atoms with Crippen LogP contribution in [0.2, 0.25) is 5.02 Å². The molecule has 1 aromatic carbocycles. The molecule has 16 heavy (non-hydrogen) atoms. The van der Waals surface area contributed by atoms with Crippen LogP contribution < -0.4 is 5.73 Å². The Morgan fingerprint density at radius 1 is 1.25 bits per heavy atom. The minimum absolute atomic E-state index is 0.623. The zero-order valence-corrected chi connectivity index (χ0v) is 9.69. The standard InChI is InChI=1S/C12H14ClN3/c13-11-3-1-10(2-4-11)9-16-8-7-15-12(16)5-6-14/h1-4,7-8H,5-6,9,14H2. The zero-order valence-electron chi connectivity index (χ0n) is 8.94. The van der Waals surface area contributed by atoms with Gasteiger partial charge in [0.2, 0.25) is 0 Å². The molecule has 0 spiro atoms. The van der Waals surface area contributed by atoms with Crippen molar-refractivity contribution < 1.29 is 0 Å². The molecule has 1 aromatic heterocycles. The number of hydrogen-bond acceptors (Lipinski definition) is 2. The van der Waals surface area contributed by atoms with Gasteiger partial charge in [0, 0.05) is 30.4 Å². The lowest BCUT2D eigenvalue weighted by Crippen LogP contribution is -2.10. The van der Waals surface area contributed by atoms with E-state index >= 15 is 0 Å². The van der Waals surface area contributed by atoms with Gasteiger partial charge in [-0.2, -0.15) is 0 Å². The van der Waals surface area contributed by atoms with Gasteiger partial charge in [-0.25, -0.2) is 4.98 Å². The number of nitrogens with two attached hydrogens (primary N) is 1. The summed E-state index contributed by atoms with van der Waals surface area (Å²) in [4.78, 5) is 4.28. The van der Waals surface area contributed by atoms with Gasteiger partial charge in [-0.05, 0) is 24.2 Å². The van der Waals surface area contributed by atoms with Gasteiger partial charge in [0.1, 0.15) is 5.82 Å². The van der Waals surface area contributed by atoms with E-state index < -0.39 is 0 Å². The van der Waals surface area contributed by atoms with Crippen LogP contribution in [-0.2, 0) is 13.0 Å². The van der Waals surface area contributed by atoms with Gasteiger partial charge in [0.25, 0.3) is 0 Å². The molecule has 2 aromatic rings. The fraction of sp³-hybridized carbons (Fsp3) is 0.250. The quantitative estimate of drug-likeness (QED) is 0.882. The number of halogens is 1. The van der Waals surface area contributed by atoms with E-state index in [-0.39, 0.29) is 0 Å². The van der Waals surface area contributed by atoms with Crippen molar-refractivity contribution in [2.45, 2.75) is 13.0 Å². The summed E-state index contributed by atoms with van der Waals surface area (Å²) < 4.78 is 2.11. The first kappa shape index (κ1) is 11.2. The van der Waals surface area contributed by atoms with Crippen LogP contribution in [0.5, 0.6) is 0 Å². The predicted octanol–water partition coefficient (Wildman–Crippen LogP) is 2.09. The number of aromatic nitrogens is 2. The number of hydrogen-bond donors (Lipinski definition) is 1. The van der Waals surface area contributed by atoms with Crippen LogP contribution in [0, 0.1) is 0 Å². The third kappa shape index (κ3) is 2.62. The Morgan fingerprint density at radius 2 is 2.00 bits per heavy atom. The molecule has 0 fully saturated rings. The summed E-state index contributed by atoms with van der Waals surface area (Å²) in [7, 11) is 0. The van der Waals surface area contributed by atoms with Crippen molar-refractivity contribution in [2.24, 2.45) is 5.73 Å². The molecule has 0 saturated heterocycles. The van der Waals surface area contributed by atoms with Crippen LogP contribution in [0.1, 0.15) is 11.4 Å². The topological polar surface area (TPSA) is 43.8 Å². The normalized spacial score (nSPS) is 10.6. The first-order valence-electron chi connectivity index (χ1n) is 5.24. The van der Waals surface area contributed by atoms with Gasteiger partial charge in [-0.3, -0.25) is 0 Å². The summed E-state index contributed by atoms with van der Waals surface area (Å²) in [6.07, 6.45) is 4.58. The summed E-state index contributed by atoms with van der Waals surface area (Å²) in [5.41, 5.74) is 6.74. The minimum atomic E-state index is 0.623. The Labute approximate surface area is 99.9 Å². The third-order valence-corrected chi connectivity index (χ3v) is 2.69. The summed E-state index contributed by atoms with van der Waals surface area (Å²) in [5.74, 6) is 1.03. The average Bonchev–Trinajstić information content (AvgIpc) is 2.70. The summed E-state index contributed by atoms with van der Waals surface area (Å²) >= 11 is 5.84. The summed E-state index contributed by atoms with van der Waals surface area (Å²) in [6, 6.07) is 7.84. The van der Waals surface area contributed by atoms with Gasteiger partial charge in [-0.15, -0.1) is 0 Å². The van der Waals surface area contributed by atoms with E-state index in [2.05, 4.69) is 9.55 Å². The molecule has 0 bridgehead atoms. The van der Waals surface area contributed by atoms with Crippen LogP contribution in [0.3, 0.4) is 0 Å². The molecule has 3 nitrogen and oxygen atoms in total. The van der Waals surface area contributed by atoms with Gasteiger partial charge in [0.15, 0.2) is 0 Å². The highest BCUT2D eigenvalue weighted by Gasteiger charge is 2.02. The molecule has 0 saturated carbocycles. The molecule has 2 rings (SSSR count). The van der Waals surface area contributed by atoms with Crippen molar-refractivity contribution in [1.29, 1.82) is 0 Å². The van der Waals surface area contributed by atoms with Crippen molar-refractivity contribution in [3.05, 3.63) is 53.1 Å². The highest BCUT2D eigenvalue weighted by molar-refractivity contribution is 6.30. The second-order valence-electron chi connectivity index (χ2n) is 3.64. The molecule has 0 aliphatic heterocycles. The van der Waals surface area contributed by atoms with Crippen LogP contribution in [-0.4, -0.2) is 16.1 Å². The molecule has 0 atom stereocenters. The average molecular weight is 236 g/mol. The Bertz CT molecular complexity index is 448. The predicted molar refractivity (Wildman–Crippen MR) is 65.5 cm³/mol. The Hall–Kier alpha value is -1.32. The SMILES string of the molecule is NCCc1nccn1Cc1ccc(Cl)cc1. The maximum Gasteiger partial charge on any atom is 0.110 e. The molecule has 4 heteroatoms. The summed E-state index contributed by atoms with van der Waals surface area (Å²) in [5, 5.41) is 0.761. The van der Waals surface area contributed by atoms with Gasteiger partial charge in [0.05, 0.1) is 0 Å². The first-order chi connectivity index (χ1) is 7.79. The minimum Gasteiger partial charge on any atom is -0.330 e. The van der Waals surface area contributed by atoms with E-state index in [0.29, 0.717) is 6.54 Å². The van der Waals surface area contributed by atoms with Crippen LogP contribution in [0.4, 0.5) is 0 Å². The highest BCUT2D eigenvalue weighted by atomic mass is 35.5. The van der Waals surface area contributed by atoms with E-state index in [0.717, 1.165) is 23.8 Å². The van der Waals surface area contributed by atoms with Gasteiger partial charge in [-0.1, -0.05) is 23.7 Å². The van der Waals surface area contributed by atoms with Crippen LogP contribution >= 0.6 is 11.6 Å². The van der Waals surface area contributed by atoms with E-state index in [9.17, 15) is 0 Å². The molecular formula is C12H14ClN3. The molecule has 1 heterocycles. The van der Waals surface area contributed by atoms with Crippen molar-refractivity contribution in [3.8, 4) is 0 Å². The van der Waals surface area contributed by atoms with Gasteiger partial charge >= 0.3 is 0 Å². The Kier molecular flexibility index (Phi) is 3.59. The number of imidazole rings is 1. The lowest BCUT2D eigenvalue weighted by atomic mass is 10.2. The molecule has 0 aliphatic rings. The lowest BCUT2D eigenvalue weighted by molar-refractivity contribution is 0.716. The maximum absolute atomic E-state index is 5.84. The van der Waals surface area contributed by atoms with Crippen molar-refractivity contribution >= 4 is 11.6 Å². The first-order valence-corrected chi connectivity index (χ1v) is 5.62. The maximum atomic E-state index is 5.84. The zero-order chi connectivity index (χ0) is 11.4. The lowest BCUT2D eigenvalue weighted by Gasteiger charge is -2.07. The van der Waals surface area contributed by atoms with Crippen molar-refractivity contribution in [3.63, 3.8) is 0 Å². The van der Waals surface area contributed by atoms with Crippen LogP contribution in [0.25, 0.3) is 0 Å². The molecule has 84 valence electrons. The Morgan fingerprint density at radius 3 is 2.69 bits per heavy atom. The smallest absolute Gasteiger partial charge is 0.110 e. The number of rotatable bonds is 4.